The lowest BCUT2D eigenvalue weighted by Crippen LogP contribution is -2.04. The number of fused-ring (bicyclic) bond motifs is 15. The van der Waals surface area contributed by atoms with Crippen LogP contribution in [0.4, 0.5) is 0 Å². The van der Waals surface area contributed by atoms with Crippen LogP contribution in [-0.2, 0) is 0 Å². The molecule has 0 atom stereocenters. The number of hydrogen-bond acceptors (Lipinski definition) is 6. The molecule has 0 aliphatic heterocycles. The largest absolute Gasteiger partial charge is 0.456 e. The van der Waals surface area contributed by atoms with Crippen molar-refractivity contribution in [3.8, 4) is 39.9 Å². The predicted molar refractivity (Wildman–Crippen MR) is 273 cm³/mol. The Kier molecular flexibility index (Phi) is 7.28. The molecule has 0 aliphatic rings. The maximum Gasteiger partial charge on any atom is 0.166 e. The first kappa shape index (κ1) is 35.8. The van der Waals surface area contributed by atoms with Crippen molar-refractivity contribution in [2.75, 3.05) is 0 Å². The van der Waals surface area contributed by atoms with E-state index in [1.807, 2.05) is 24.3 Å². The second-order valence-corrected chi connectivity index (χ2v) is 18.1. The molecule has 15 aromatic rings. The van der Waals surface area contributed by atoms with E-state index in [0.29, 0.717) is 17.5 Å². The summed E-state index contributed by atoms with van der Waals surface area (Å²) in [7, 11) is 0. The number of rotatable bonds is 4. The zero-order valence-corrected chi connectivity index (χ0v) is 35.8. The smallest absolute Gasteiger partial charge is 0.166 e. The van der Waals surface area contributed by atoms with E-state index in [2.05, 4.69) is 174 Å². The summed E-state index contributed by atoms with van der Waals surface area (Å²) in [4.78, 5) is 16.6. The van der Waals surface area contributed by atoms with Gasteiger partial charge in [0, 0.05) is 75.2 Å². The van der Waals surface area contributed by atoms with Crippen molar-refractivity contribution in [1.82, 2.24) is 19.5 Å². The number of furan rings is 2. The average molecular weight is 861 g/mol. The maximum atomic E-state index is 6.86. The minimum absolute atomic E-state index is 0.551. The highest BCUT2D eigenvalue weighted by Gasteiger charge is 2.25. The normalized spacial score (nSPS) is 12.2. The summed E-state index contributed by atoms with van der Waals surface area (Å²) in [5, 5.41) is 13.3. The summed E-state index contributed by atoms with van der Waals surface area (Å²) in [6.07, 6.45) is 0. The van der Waals surface area contributed by atoms with Crippen molar-refractivity contribution in [1.29, 1.82) is 0 Å². The Morgan fingerprint density at radius 1 is 0.333 bits per heavy atom. The Hall–Kier alpha value is -8.65. The standard InChI is InChI=1S/C59H32N4O2S/c1-2-15-35-30-46-42(29-34(35)14-1)37-17-5-8-22-45(37)63(46)47-32-51-44(54-36-16-4-3-13-33(36)27-28-50(54)65-51)31-43(47)59-61-57(40-20-11-24-49-55(40)38-18-6-9-23-48(38)64-49)60-58(62-59)41-21-12-26-53-56(41)39-19-7-10-25-52(39)66-53/h1-32H. The fourth-order valence-corrected chi connectivity index (χ4v) is 11.7. The van der Waals surface area contributed by atoms with Crippen LogP contribution in [0.25, 0.3) is 147 Å². The molecule has 10 aromatic carbocycles. The van der Waals surface area contributed by atoms with Crippen LogP contribution in [0.3, 0.4) is 0 Å². The number of aromatic nitrogens is 4. The molecular formula is C59H32N4O2S. The molecule has 0 N–H and O–H groups in total. The topological polar surface area (TPSA) is 69.9 Å². The molecule has 0 fully saturated rings. The molecule has 306 valence electrons. The number of hydrogen-bond donors (Lipinski definition) is 0. The molecule has 0 spiro atoms. The summed E-state index contributed by atoms with van der Waals surface area (Å²) < 4.78 is 18.1. The van der Waals surface area contributed by atoms with E-state index in [1.165, 1.54) is 20.2 Å². The summed E-state index contributed by atoms with van der Waals surface area (Å²) in [5.74, 6) is 1.70. The highest BCUT2D eigenvalue weighted by molar-refractivity contribution is 7.25. The van der Waals surface area contributed by atoms with Gasteiger partial charge in [-0.15, -0.1) is 11.3 Å². The number of nitrogens with zero attached hydrogens (tertiary/aromatic N) is 4. The van der Waals surface area contributed by atoms with Gasteiger partial charge in [0.2, 0.25) is 0 Å². The van der Waals surface area contributed by atoms with Crippen LogP contribution in [-0.4, -0.2) is 19.5 Å². The first-order valence-electron chi connectivity index (χ1n) is 22.1. The Labute approximate surface area is 379 Å². The summed E-state index contributed by atoms with van der Waals surface area (Å²) >= 11 is 1.79. The molecule has 0 unspecified atom stereocenters. The van der Waals surface area contributed by atoms with Gasteiger partial charge < -0.3 is 13.4 Å². The minimum atomic E-state index is 0.551. The van der Waals surface area contributed by atoms with E-state index in [1.54, 1.807) is 11.3 Å². The third kappa shape index (κ3) is 5.08. The molecule has 5 aromatic heterocycles. The molecule has 0 bridgehead atoms. The van der Waals surface area contributed by atoms with Gasteiger partial charge in [-0.05, 0) is 76.1 Å². The average Bonchev–Trinajstić information content (AvgIpc) is 4.14. The lowest BCUT2D eigenvalue weighted by molar-refractivity contribution is 0.668. The summed E-state index contributed by atoms with van der Waals surface area (Å²) in [6, 6.07) is 68.4. The van der Waals surface area contributed by atoms with Crippen molar-refractivity contribution in [3.05, 3.63) is 194 Å². The molecule has 5 heterocycles. The zero-order valence-electron chi connectivity index (χ0n) is 35.0. The molecule has 66 heavy (non-hydrogen) atoms. The fourth-order valence-electron chi connectivity index (χ4n) is 10.5. The van der Waals surface area contributed by atoms with Gasteiger partial charge in [-0.2, -0.15) is 0 Å². The van der Waals surface area contributed by atoms with Crippen LogP contribution in [0.2, 0.25) is 0 Å². The van der Waals surface area contributed by atoms with Crippen LogP contribution in [0, 0.1) is 0 Å². The Morgan fingerprint density at radius 3 is 1.79 bits per heavy atom. The van der Waals surface area contributed by atoms with Crippen LogP contribution in [0.15, 0.2) is 203 Å². The van der Waals surface area contributed by atoms with Crippen LogP contribution in [0.5, 0.6) is 0 Å². The van der Waals surface area contributed by atoms with E-state index < -0.39 is 0 Å². The minimum Gasteiger partial charge on any atom is -0.456 e. The third-order valence-electron chi connectivity index (χ3n) is 13.4. The monoisotopic (exact) mass is 860 g/mol. The molecule has 6 nitrogen and oxygen atoms in total. The van der Waals surface area contributed by atoms with Crippen molar-refractivity contribution in [2.45, 2.75) is 0 Å². The zero-order chi connectivity index (χ0) is 43.0. The molecule has 0 radical (unpaired) electrons. The van der Waals surface area contributed by atoms with Crippen LogP contribution in [0.1, 0.15) is 0 Å². The van der Waals surface area contributed by atoms with E-state index in [4.69, 9.17) is 23.8 Å². The SMILES string of the molecule is c1ccc2cc3c(cc2c1)c1ccccc1n3-c1cc2oc3ccc4ccccc4c3c2cc1-c1nc(-c2cccc3oc4ccccc4c23)nc(-c2cccc3sc4ccccc4c23)n1. The Bertz CT molecular complexity index is 4420. The van der Waals surface area contributed by atoms with Crippen molar-refractivity contribution in [2.24, 2.45) is 0 Å². The van der Waals surface area contributed by atoms with E-state index in [9.17, 15) is 0 Å². The van der Waals surface area contributed by atoms with Gasteiger partial charge in [-0.1, -0.05) is 133 Å². The highest BCUT2D eigenvalue weighted by Crippen LogP contribution is 2.45. The van der Waals surface area contributed by atoms with Gasteiger partial charge in [0.05, 0.1) is 16.7 Å². The molecular weight excluding hydrogens is 829 g/mol. The first-order chi connectivity index (χ1) is 32.7. The molecule has 0 aliphatic carbocycles. The van der Waals surface area contributed by atoms with Crippen molar-refractivity contribution < 1.29 is 8.83 Å². The van der Waals surface area contributed by atoms with Crippen LogP contribution < -0.4 is 0 Å². The fraction of sp³-hybridized carbons (Fsp3) is 0. The number of para-hydroxylation sites is 2. The van der Waals surface area contributed by atoms with Gasteiger partial charge in [0.1, 0.15) is 22.3 Å². The highest BCUT2D eigenvalue weighted by atomic mass is 32.1. The van der Waals surface area contributed by atoms with Gasteiger partial charge in [-0.25, -0.2) is 15.0 Å². The van der Waals surface area contributed by atoms with Gasteiger partial charge in [0.25, 0.3) is 0 Å². The van der Waals surface area contributed by atoms with Crippen molar-refractivity contribution >= 4 is 119 Å². The van der Waals surface area contributed by atoms with Gasteiger partial charge in [-0.3, -0.25) is 0 Å². The number of thiophene rings is 1. The summed E-state index contributed by atoms with van der Waals surface area (Å²) in [6.45, 7) is 0. The summed E-state index contributed by atoms with van der Waals surface area (Å²) in [5.41, 5.74) is 8.93. The molecule has 0 saturated heterocycles. The molecule has 15 rings (SSSR count). The van der Waals surface area contributed by atoms with E-state index in [-0.39, 0.29) is 0 Å². The molecule has 0 saturated carbocycles. The first-order valence-corrected chi connectivity index (χ1v) is 22.9. The maximum absolute atomic E-state index is 6.86. The lowest BCUT2D eigenvalue weighted by atomic mass is 10.0. The predicted octanol–water partition coefficient (Wildman–Crippen LogP) is 16.4. The second kappa shape index (κ2) is 13.4. The third-order valence-corrected chi connectivity index (χ3v) is 14.6. The quantitative estimate of drug-likeness (QED) is 0.176. The van der Waals surface area contributed by atoms with Gasteiger partial charge >= 0.3 is 0 Å². The van der Waals surface area contributed by atoms with Gasteiger partial charge in [0.15, 0.2) is 17.5 Å². The van der Waals surface area contributed by atoms with Crippen molar-refractivity contribution in [3.63, 3.8) is 0 Å². The Balaban J connectivity index is 1.11. The second-order valence-electron chi connectivity index (χ2n) is 17.1. The van der Waals surface area contributed by atoms with Crippen LogP contribution >= 0.6 is 11.3 Å². The Morgan fingerprint density at radius 2 is 0.939 bits per heavy atom. The molecule has 0 amide bonds. The van der Waals surface area contributed by atoms with E-state index >= 15 is 0 Å². The number of benzene rings is 10. The van der Waals surface area contributed by atoms with E-state index in [0.717, 1.165) is 110 Å². The molecule has 7 heteroatoms. The lowest BCUT2D eigenvalue weighted by Gasteiger charge is -2.16.